The number of amides is 1. The first-order chi connectivity index (χ1) is 7.37. The molecule has 0 fully saturated rings. The van der Waals surface area contributed by atoms with Crippen molar-refractivity contribution in [2.75, 3.05) is 0 Å². The predicted molar refractivity (Wildman–Crippen MR) is 61.3 cm³/mol. The van der Waals surface area contributed by atoms with E-state index in [1.54, 1.807) is 19.9 Å². The van der Waals surface area contributed by atoms with E-state index in [1.165, 1.54) is 12.1 Å². The molecule has 84 valence electrons. The van der Waals surface area contributed by atoms with Crippen LogP contribution >= 0.6 is 15.9 Å². The molecule has 16 heavy (non-hydrogen) atoms. The van der Waals surface area contributed by atoms with Crippen LogP contribution in [0.2, 0.25) is 0 Å². The second-order valence-electron chi connectivity index (χ2n) is 3.79. The summed E-state index contributed by atoms with van der Waals surface area (Å²) in [6.07, 6.45) is 0. The summed E-state index contributed by atoms with van der Waals surface area (Å²) in [5.41, 5.74) is -1.11. The zero-order valence-electron chi connectivity index (χ0n) is 8.84. The topological polar surface area (TPSA) is 52.9 Å². The Hall–Kier alpha value is -1.41. The van der Waals surface area contributed by atoms with E-state index in [1.807, 2.05) is 6.07 Å². The molecule has 1 N–H and O–H groups in total. The maximum Gasteiger partial charge on any atom is 0.255 e. The highest BCUT2D eigenvalue weighted by molar-refractivity contribution is 9.10. The maximum absolute atomic E-state index is 13.5. The summed E-state index contributed by atoms with van der Waals surface area (Å²) < 4.78 is 13.8. The summed E-state index contributed by atoms with van der Waals surface area (Å²) in [5, 5.41) is 11.2. The van der Waals surface area contributed by atoms with E-state index in [2.05, 4.69) is 21.2 Å². The van der Waals surface area contributed by atoms with Crippen molar-refractivity contribution in [3.8, 4) is 6.07 Å². The summed E-state index contributed by atoms with van der Waals surface area (Å²) in [7, 11) is 0. The number of benzene rings is 1. The highest BCUT2D eigenvalue weighted by atomic mass is 79.9. The van der Waals surface area contributed by atoms with Gasteiger partial charge in [0, 0.05) is 0 Å². The van der Waals surface area contributed by atoms with Crippen molar-refractivity contribution < 1.29 is 9.18 Å². The molecule has 0 saturated carbocycles. The van der Waals surface area contributed by atoms with Crippen LogP contribution in [0.25, 0.3) is 0 Å². The molecule has 1 aromatic rings. The molecular weight excluding hydrogens is 275 g/mol. The fourth-order valence-corrected chi connectivity index (χ4v) is 1.42. The summed E-state index contributed by atoms with van der Waals surface area (Å²) >= 11 is 2.99. The van der Waals surface area contributed by atoms with Gasteiger partial charge in [0.2, 0.25) is 0 Å². The van der Waals surface area contributed by atoms with Gasteiger partial charge in [0.05, 0.1) is 16.1 Å². The van der Waals surface area contributed by atoms with Gasteiger partial charge in [-0.25, -0.2) is 4.39 Å². The number of nitriles is 1. The Kier molecular flexibility index (Phi) is 3.66. The predicted octanol–water partition coefficient (Wildman–Crippen LogP) is 2.62. The summed E-state index contributed by atoms with van der Waals surface area (Å²) in [6.45, 7) is 3.08. The molecule has 1 rings (SSSR count). The van der Waals surface area contributed by atoms with Gasteiger partial charge in [0.25, 0.3) is 5.91 Å². The Morgan fingerprint density at radius 1 is 1.56 bits per heavy atom. The molecule has 0 aliphatic rings. The van der Waals surface area contributed by atoms with Crippen molar-refractivity contribution >= 4 is 21.8 Å². The molecule has 0 saturated heterocycles. The largest absolute Gasteiger partial charge is 0.334 e. The monoisotopic (exact) mass is 284 g/mol. The molecule has 0 spiro atoms. The number of rotatable bonds is 2. The second kappa shape index (κ2) is 4.62. The lowest BCUT2D eigenvalue weighted by atomic mass is 10.1. The summed E-state index contributed by atoms with van der Waals surface area (Å²) in [4.78, 5) is 11.7. The van der Waals surface area contributed by atoms with E-state index in [0.29, 0.717) is 0 Å². The molecule has 0 radical (unpaired) electrons. The zero-order chi connectivity index (χ0) is 12.3. The minimum atomic E-state index is -1.02. The lowest BCUT2D eigenvalue weighted by Gasteiger charge is -2.17. The van der Waals surface area contributed by atoms with Crippen molar-refractivity contribution in [1.29, 1.82) is 5.26 Å². The van der Waals surface area contributed by atoms with Gasteiger partial charge in [-0.2, -0.15) is 5.26 Å². The molecule has 0 atom stereocenters. The highest BCUT2D eigenvalue weighted by Crippen LogP contribution is 2.18. The number of hydrogen-bond donors (Lipinski definition) is 1. The van der Waals surface area contributed by atoms with Crippen LogP contribution in [0.5, 0.6) is 0 Å². The standard InChI is InChI=1S/C11H10BrFN2O/c1-11(2,6-14)15-10(16)7-4-3-5-8(12)9(7)13/h3-5H,1-2H3,(H,15,16). The van der Waals surface area contributed by atoms with Crippen LogP contribution in [-0.2, 0) is 0 Å². The van der Waals surface area contributed by atoms with Crippen LogP contribution in [-0.4, -0.2) is 11.4 Å². The number of hydrogen-bond acceptors (Lipinski definition) is 2. The van der Waals surface area contributed by atoms with Crippen LogP contribution < -0.4 is 5.32 Å². The van der Waals surface area contributed by atoms with E-state index in [9.17, 15) is 9.18 Å². The number of carbonyl (C=O) groups excluding carboxylic acids is 1. The Labute approximate surface area is 101 Å². The Bertz CT molecular complexity index is 466. The zero-order valence-corrected chi connectivity index (χ0v) is 10.4. The van der Waals surface area contributed by atoms with E-state index in [-0.39, 0.29) is 10.0 Å². The first-order valence-corrected chi connectivity index (χ1v) is 5.34. The summed E-state index contributed by atoms with van der Waals surface area (Å²) in [6, 6.07) is 6.33. The first-order valence-electron chi connectivity index (χ1n) is 4.55. The van der Waals surface area contributed by atoms with Crippen molar-refractivity contribution in [2.24, 2.45) is 0 Å². The van der Waals surface area contributed by atoms with E-state index >= 15 is 0 Å². The third-order valence-corrected chi connectivity index (χ3v) is 2.51. The molecule has 0 aromatic heterocycles. The smallest absolute Gasteiger partial charge is 0.255 e. The van der Waals surface area contributed by atoms with Crippen LogP contribution in [0, 0.1) is 17.1 Å². The number of halogens is 2. The number of carbonyl (C=O) groups is 1. The molecule has 0 unspecified atom stereocenters. The third kappa shape index (κ3) is 2.80. The molecule has 0 bridgehead atoms. The van der Waals surface area contributed by atoms with Crippen LogP contribution in [0.4, 0.5) is 4.39 Å². The van der Waals surface area contributed by atoms with Crippen molar-refractivity contribution in [3.63, 3.8) is 0 Å². The van der Waals surface area contributed by atoms with Crippen LogP contribution in [0.3, 0.4) is 0 Å². The number of nitrogens with one attached hydrogen (secondary N) is 1. The molecule has 3 nitrogen and oxygen atoms in total. The number of nitrogens with zero attached hydrogens (tertiary/aromatic N) is 1. The molecule has 1 amide bonds. The van der Waals surface area contributed by atoms with E-state index in [0.717, 1.165) is 0 Å². The van der Waals surface area contributed by atoms with Gasteiger partial charge in [-0.1, -0.05) is 6.07 Å². The van der Waals surface area contributed by atoms with Crippen molar-refractivity contribution in [3.05, 3.63) is 34.1 Å². The fourth-order valence-electron chi connectivity index (χ4n) is 1.06. The Morgan fingerprint density at radius 3 is 2.75 bits per heavy atom. The summed E-state index contributed by atoms with van der Waals surface area (Å²) in [5.74, 6) is -1.24. The Balaban J connectivity index is 2.99. The lowest BCUT2D eigenvalue weighted by molar-refractivity contribution is 0.0925. The maximum atomic E-state index is 13.5. The molecule has 0 aliphatic carbocycles. The second-order valence-corrected chi connectivity index (χ2v) is 4.65. The lowest BCUT2D eigenvalue weighted by Crippen LogP contribution is -2.42. The molecule has 1 aromatic carbocycles. The molecule has 0 aliphatic heterocycles. The third-order valence-electron chi connectivity index (χ3n) is 1.90. The van der Waals surface area contributed by atoms with Gasteiger partial charge in [-0.05, 0) is 41.9 Å². The van der Waals surface area contributed by atoms with Crippen LogP contribution in [0.15, 0.2) is 22.7 Å². The van der Waals surface area contributed by atoms with Gasteiger partial charge in [-0.15, -0.1) is 0 Å². The SMILES string of the molecule is CC(C)(C#N)NC(=O)c1cccc(Br)c1F. The highest BCUT2D eigenvalue weighted by Gasteiger charge is 2.22. The quantitative estimate of drug-likeness (QED) is 0.908. The average Bonchev–Trinajstić information content (AvgIpc) is 2.21. The molecular formula is C11H10BrFN2O. The van der Waals surface area contributed by atoms with Crippen molar-refractivity contribution in [2.45, 2.75) is 19.4 Å². The van der Waals surface area contributed by atoms with E-state index in [4.69, 9.17) is 5.26 Å². The Morgan fingerprint density at radius 2 is 2.19 bits per heavy atom. The van der Waals surface area contributed by atoms with Gasteiger partial charge in [0.15, 0.2) is 0 Å². The van der Waals surface area contributed by atoms with Crippen molar-refractivity contribution in [1.82, 2.24) is 5.32 Å². The minimum Gasteiger partial charge on any atom is -0.334 e. The normalized spacial score (nSPS) is 10.7. The van der Waals surface area contributed by atoms with Gasteiger partial charge in [0.1, 0.15) is 11.4 Å². The van der Waals surface area contributed by atoms with Crippen LogP contribution in [0.1, 0.15) is 24.2 Å². The molecule has 5 heteroatoms. The minimum absolute atomic E-state index is 0.0855. The van der Waals surface area contributed by atoms with Gasteiger partial charge in [-0.3, -0.25) is 4.79 Å². The average molecular weight is 285 g/mol. The fraction of sp³-hybridized carbons (Fsp3) is 0.273. The van der Waals surface area contributed by atoms with Gasteiger partial charge < -0.3 is 5.32 Å². The van der Waals surface area contributed by atoms with E-state index < -0.39 is 17.3 Å². The molecule has 0 heterocycles. The first kappa shape index (κ1) is 12.7. The van der Waals surface area contributed by atoms with Gasteiger partial charge >= 0.3 is 0 Å².